The van der Waals surface area contributed by atoms with Crippen LogP contribution >= 0.6 is 0 Å². The molecule has 3 aromatic carbocycles. The predicted molar refractivity (Wildman–Crippen MR) is 186 cm³/mol. The molecule has 228 valence electrons. The summed E-state index contributed by atoms with van der Waals surface area (Å²) in [6, 6.07) is 0. The highest BCUT2D eigenvalue weighted by molar-refractivity contribution is 5.56. The number of rotatable bonds is 0. The molecule has 0 aliphatic heterocycles. The molecule has 0 aromatic heterocycles. The molecule has 3 aromatic rings. The molecule has 0 heterocycles. The number of hydrogen-bond donors (Lipinski definition) is 0. The topological polar surface area (TPSA) is 0 Å². The zero-order chi connectivity index (χ0) is 31.4. The van der Waals surface area contributed by atoms with Gasteiger partial charge in [-0.05, 0) is 240 Å². The molecule has 0 saturated carbocycles. The molecule has 0 saturated heterocycles. The van der Waals surface area contributed by atoms with Gasteiger partial charge in [-0.25, -0.2) is 0 Å². The van der Waals surface area contributed by atoms with E-state index in [2.05, 4.69) is 104 Å². The Morgan fingerprint density at radius 2 is 0.667 bits per heavy atom. The van der Waals surface area contributed by atoms with Crippen molar-refractivity contribution in [2.24, 2.45) is 11.8 Å². The van der Waals surface area contributed by atoms with Gasteiger partial charge in [-0.2, -0.15) is 0 Å². The molecular formula is C42H60. The predicted octanol–water partition coefficient (Wildman–Crippen LogP) is 11.3. The van der Waals surface area contributed by atoms with Crippen molar-refractivity contribution in [1.82, 2.24) is 0 Å². The standard InChI is InChI=1S/C15H22.C14H20.C13H18/c1-9-6-7-14-12(4)10(2)11(3)13(5)15(14)8-9;1-8-6-13-11(4)9(2)10(3)12(5)14(13)7-8;1-7-6-12-10(4)8(2)9(3)11(5)13(7)12/h9H,6-8H2,1-5H3;8H,6-7H2,1-5H3;7H,6H2,1-5H3. The van der Waals surface area contributed by atoms with Crippen LogP contribution < -0.4 is 0 Å². The second-order valence-electron chi connectivity index (χ2n) is 14.8. The number of fused-ring (bicyclic) bond motifs is 3. The Kier molecular flexibility index (Phi) is 9.57. The molecule has 2 atom stereocenters. The Labute approximate surface area is 259 Å². The Morgan fingerprint density at radius 3 is 1.10 bits per heavy atom. The fourth-order valence-corrected chi connectivity index (χ4v) is 8.34. The van der Waals surface area contributed by atoms with Crippen molar-refractivity contribution in [3.8, 4) is 0 Å². The molecule has 0 spiro atoms. The van der Waals surface area contributed by atoms with Crippen molar-refractivity contribution >= 4 is 0 Å². The maximum Gasteiger partial charge on any atom is -0.0144 e. The fourth-order valence-electron chi connectivity index (χ4n) is 8.34. The number of benzene rings is 3. The van der Waals surface area contributed by atoms with Gasteiger partial charge in [0.1, 0.15) is 0 Å². The van der Waals surface area contributed by atoms with E-state index in [1.54, 1.807) is 55.6 Å². The average molecular weight is 565 g/mol. The molecule has 0 radical (unpaired) electrons. The average Bonchev–Trinajstić information content (AvgIpc) is 3.36. The summed E-state index contributed by atoms with van der Waals surface area (Å²) in [5.41, 5.74) is 28.2. The van der Waals surface area contributed by atoms with Crippen LogP contribution in [-0.4, -0.2) is 0 Å². The van der Waals surface area contributed by atoms with Crippen LogP contribution in [0.4, 0.5) is 0 Å². The molecule has 42 heavy (non-hydrogen) atoms. The second-order valence-corrected chi connectivity index (χ2v) is 14.8. The Hall–Kier alpha value is -2.34. The zero-order valence-corrected chi connectivity index (χ0v) is 30.0. The Bertz CT molecular complexity index is 1470. The fraction of sp³-hybridized carbons (Fsp3) is 0.571. The van der Waals surface area contributed by atoms with E-state index in [1.807, 2.05) is 0 Å². The third-order valence-electron chi connectivity index (χ3n) is 12.3. The first-order chi connectivity index (χ1) is 19.6. The molecular weight excluding hydrogens is 504 g/mol. The summed E-state index contributed by atoms with van der Waals surface area (Å²) in [5.74, 6) is 2.52. The molecule has 0 nitrogen and oxygen atoms in total. The summed E-state index contributed by atoms with van der Waals surface area (Å²) in [7, 11) is 0. The van der Waals surface area contributed by atoms with Gasteiger partial charge in [-0.15, -0.1) is 0 Å². The summed E-state index contributed by atoms with van der Waals surface area (Å²) in [4.78, 5) is 0. The third-order valence-corrected chi connectivity index (χ3v) is 12.3. The zero-order valence-electron chi connectivity index (χ0n) is 30.0. The van der Waals surface area contributed by atoms with E-state index in [4.69, 9.17) is 0 Å². The molecule has 0 heteroatoms. The normalized spacial score (nSPS) is 18.6. The highest BCUT2D eigenvalue weighted by Gasteiger charge is 2.28. The molecule has 3 aliphatic carbocycles. The van der Waals surface area contributed by atoms with Crippen LogP contribution in [0.3, 0.4) is 0 Å². The van der Waals surface area contributed by atoms with Gasteiger partial charge in [0, 0.05) is 0 Å². The minimum atomic E-state index is 0.799. The first-order valence-corrected chi connectivity index (χ1v) is 16.8. The van der Waals surface area contributed by atoms with E-state index in [-0.39, 0.29) is 0 Å². The minimum Gasteiger partial charge on any atom is -0.0622 e. The lowest BCUT2D eigenvalue weighted by Gasteiger charge is -2.33. The monoisotopic (exact) mass is 564 g/mol. The molecule has 3 aliphatic rings. The molecule has 0 fully saturated rings. The van der Waals surface area contributed by atoms with Crippen molar-refractivity contribution in [3.05, 3.63) is 100 Å². The summed E-state index contributed by atoms with van der Waals surface area (Å²) in [6.07, 6.45) is 7.85. The van der Waals surface area contributed by atoms with Crippen LogP contribution in [0, 0.1) is 94.9 Å². The van der Waals surface area contributed by atoms with Gasteiger partial charge in [-0.1, -0.05) is 20.8 Å². The summed E-state index contributed by atoms with van der Waals surface area (Å²) < 4.78 is 0. The van der Waals surface area contributed by atoms with Gasteiger partial charge in [0.25, 0.3) is 0 Å². The van der Waals surface area contributed by atoms with Crippen LogP contribution in [0.15, 0.2) is 0 Å². The van der Waals surface area contributed by atoms with Gasteiger partial charge in [0.05, 0.1) is 0 Å². The van der Waals surface area contributed by atoms with Gasteiger partial charge >= 0.3 is 0 Å². The van der Waals surface area contributed by atoms with E-state index in [0.717, 1.165) is 17.8 Å². The Morgan fingerprint density at radius 1 is 0.333 bits per heavy atom. The highest BCUT2D eigenvalue weighted by Crippen LogP contribution is 2.42. The van der Waals surface area contributed by atoms with E-state index in [9.17, 15) is 0 Å². The first-order valence-electron chi connectivity index (χ1n) is 16.8. The van der Waals surface area contributed by atoms with Crippen LogP contribution in [0.5, 0.6) is 0 Å². The SMILES string of the molecule is Cc1c(C)c(C)c2c(c1C)CC(C)C2.Cc1c(C)c(C)c2c(c1C)CC2C.Cc1c(C)c(C)c2c(c1C)CCC(C)C2. The van der Waals surface area contributed by atoms with Crippen molar-refractivity contribution in [2.75, 3.05) is 0 Å². The summed E-state index contributed by atoms with van der Waals surface area (Å²) >= 11 is 0. The van der Waals surface area contributed by atoms with Gasteiger partial charge < -0.3 is 0 Å². The summed E-state index contributed by atoms with van der Waals surface area (Å²) in [6.45, 7) is 34.4. The van der Waals surface area contributed by atoms with E-state index in [0.29, 0.717) is 0 Å². The smallest absolute Gasteiger partial charge is 0.0144 e. The van der Waals surface area contributed by atoms with E-state index < -0.39 is 0 Å². The highest BCUT2D eigenvalue weighted by atomic mass is 14.3. The van der Waals surface area contributed by atoms with Gasteiger partial charge in [0.2, 0.25) is 0 Å². The Balaban J connectivity index is 0.000000145. The molecule has 0 bridgehead atoms. The van der Waals surface area contributed by atoms with Crippen molar-refractivity contribution in [2.45, 2.75) is 148 Å². The number of hydrogen-bond acceptors (Lipinski definition) is 0. The quantitative estimate of drug-likeness (QED) is 0.255. The van der Waals surface area contributed by atoms with Crippen molar-refractivity contribution in [3.63, 3.8) is 0 Å². The molecule has 0 amide bonds. The van der Waals surface area contributed by atoms with Crippen LogP contribution in [-0.2, 0) is 32.1 Å². The second kappa shape index (κ2) is 12.3. The maximum atomic E-state index is 2.38. The van der Waals surface area contributed by atoms with Crippen LogP contribution in [0.1, 0.15) is 133 Å². The maximum absolute atomic E-state index is 2.38. The van der Waals surface area contributed by atoms with Crippen molar-refractivity contribution < 1.29 is 0 Å². The van der Waals surface area contributed by atoms with Gasteiger partial charge in [0.15, 0.2) is 0 Å². The lowest BCUT2D eigenvalue weighted by atomic mass is 9.71. The summed E-state index contributed by atoms with van der Waals surface area (Å²) in [5, 5.41) is 0. The molecule has 6 rings (SSSR count). The third kappa shape index (κ3) is 5.65. The van der Waals surface area contributed by atoms with Crippen LogP contribution in [0.2, 0.25) is 0 Å². The largest absolute Gasteiger partial charge is 0.0622 e. The van der Waals surface area contributed by atoms with E-state index in [1.165, 1.54) is 83.0 Å². The first kappa shape index (κ1) is 32.6. The molecule has 0 N–H and O–H groups in total. The molecule has 2 unspecified atom stereocenters. The van der Waals surface area contributed by atoms with E-state index >= 15 is 0 Å². The minimum absolute atomic E-state index is 0.799. The van der Waals surface area contributed by atoms with Crippen molar-refractivity contribution in [1.29, 1.82) is 0 Å². The lowest BCUT2D eigenvalue weighted by molar-refractivity contribution is 0.497. The lowest BCUT2D eigenvalue weighted by Crippen LogP contribution is -2.19. The van der Waals surface area contributed by atoms with Crippen LogP contribution in [0.25, 0.3) is 0 Å². The van der Waals surface area contributed by atoms with Gasteiger partial charge in [-0.3, -0.25) is 0 Å².